The number of likely N-dealkylation sites (tertiary alicyclic amines) is 1. The van der Waals surface area contributed by atoms with E-state index in [4.69, 9.17) is 9.47 Å². The summed E-state index contributed by atoms with van der Waals surface area (Å²) in [7, 11) is 1.93. The van der Waals surface area contributed by atoms with Crippen molar-refractivity contribution in [2.75, 3.05) is 26.7 Å². The molecule has 2 rings (SSSR count). The summed E-state index contributed by atoms with van der Waals surface area (Å²) in [4.78, 5) is 13.6. The van der Waals surface area contributed by atoms with Gasteiger partial charge in [-0.3, -0.25) is 0 Å². The molecule has 1 fully saturated rings. The topological polar surface area (TPSA) is 50.8 Å². The summed E-state index contributed by atoms with van der Waals surface area (Å²) in [5.41, 5.74) is 1.14. The van der Waals surface area contributed by atoms with Gasteiger partial charge in [-0.1, -0.05) is 30.3 Å². The maximum Gasteiger partial charge on any atom is 0.409 e. The van der Waals surface area contributed by atoms with E-state index in [0.717, 1.165) is 12.0 Å². The van der Waals surface area contributed by atoms with Gasteiger partial charge >= 0.3 is 6.09 Å². The number of benzene rings is 1. The number of carbonyl (C=O) groups excluding carboxylic acids is 1. The van der Waals surface area contributed by atoms with Gasteiger partial charge in [0.05, 0.1) is 25.9 Å². The zero-order valence-electron chi connectivity index (χ0n) is 12.7. The number of hydrogen-bond acceptors (Lipinski definition) is 4. The largest absolute Gasteiger partial charge is 0.450 e. The molecule has 1 saturated heterocycles. The molecule has 0 spiro atoms. The van der Waals surface area contributed by atoms with Gasteiger partial charge in [0.2, 0.25) is 0 Å². The van der Waals surface area contributed by atoms with Gasteiger partial charge in [-0.2, -0.15) is 0 Å². The Hall–Kier alpha value is -1.59. The van der Waals surface area contributed by atoms with Crippen LogP contribution >= 0.6 is 0 Å². The van der Waals surface area contributed by atoms with Gasteiger partial charge in [-0.05, 0) is 26.0 Å². The Morgan fingerprint density at radius 3 is 2.81 bits per heavy atom. The molecule has 1 N–H and O–H groups in total. The van der Waals surface area contributed by atoms with Crippen molar-refractivity contribution in [1.29, 1.82) is 0 Å². The summed E-state index contributed by atoms with van der Waals surface area (Å²) in [6.45, 7) is 4.05. The predicted octanol–water partition coefficient (Wildman–Crippen LogP) is 2.02. The van der Waals surface area contributed by atoms with Crippen molar-refractivity contribution in [1.82, 2.24) is 10.2 Å². The van der Waals surface area contributed by atoms with E-state index in [1.165, 1.54) is 0 Å². The second-order valence-electron chi connectivity index (χ2n) is 5.16. The third kappa shape index (κ3) is 4.44. The highest BCUT2D eigenvalue weighted by Gasteiger charge is 2.31. The first kappa shape index (κ1) is 15.8. The third-order valence-corrected chi connectivity index (χ3v) is 3.76. The standard InChI is InChI=1S/C16H24N2O3/c1-3-20-16(19)18-10-9-14(17-2)15(11-18)21-12-13-7-5-4-6-8-13/h4-8,14-15,17H,3,9-12H2,1-2H3. The number of likely N-dealkylation sites (N-methyl/N-ethyl adjacent to an activating group) is 1. The molecule has 5 heteroatoms. The Morgan fingerprint density at radius 2 is 2.14 bits per heavy atom. The zero-order chi connectivity index (χ0) is 15.1. The minimum absolute atomic E-state index is 0.0200. The lowest BCUT2D eigenvalue weighted by Crippen LogP contribution is -2.54. The zero-order valence-corrected chi connectivity index (χ0v) is 12.7. The normalized spacial score (nSPS) is 22.1. The monoisotopic (exact) mass is 292 g/mol. The summed E-state index contributed by atoms with van der Waals surface area (Å²) in [5, 5.41) is 3.28. The van der Waals surface area contributed by atoms with Crippen LogP contribution in [0.25, 0.3) is 0 Å². The lowest BCUT2D eigenvalue weighted by atomic mass is 10.0. The molecule has 116 valence electrons. The van der Waals surface area contributed by atoms with E-state index >= 15 is 0 Å². The van der Waals surface area contributed by atoms with Crippen LogP contribution in [0.2, 0.25) is 0 Å². The highest BCUT2D eigenvalue weighted by atomic mass is 16.6. The van der Waals surface area contributed by atoms with E-state index in [1.807, 2.05) is 44.3 Å². The Bertz CT molecular complexity index is 438. The average Bonchev–Trinajstić information content (AvgIpc) is 2.54. The van der Waals surface area contributed by atoms with Crippen molar-refractivity contribution in [2.24, 2.45) is 0 Å². The number of amides is 1. The van der Waals surface area contributed by atoms with Gasteiger partial charge in [-0.15, -0.1) is 0 Å². The smallest absolute Gasteiger partial charge is 0.409 e. The van der Waals surface area contributed by atoms with Crippen molar-refractivity contribution >= 4 is 6.09 Å². The number of nitrogens with zero attached hydrogens (tertiary/aromatic N) is 1. The van der Waals surface area contributed by atoms with Crippen molar-refractivity contribution in [3.63, 3.8) is 0 Å². The van der Waals surface area contributed by atoms with Crippen molar-refractivity contribution < 1.29 is 14.3 Å². The van der Waals surface area contributed by atoms with Gasteiger partial charge in [0.15, 0.2) is 0 Å². The molecule has 0 saturated carbocycles. The van der Waals surface area contributed by atoms with Crippen molar-refractivity contribution in [3.8, 4) is 0 Å². The van der Waals surface area contributed by atoms with Crippen LogP contribution < -0.4 is 5.32 Å². The first-order chi connectivity index (χ1) is 10.2. The molecule has 1 aliphatic rings. The number of hydrogen-bond donors (Lipinski definition) is 1. The maximum atomic E-state index is 11.8. The highest BCUT2D eigenvalue weighted by Crippen LogP contribution is 2.16. The summed E-state index contributed by atoms with van der Waals surface area (Å²) < 4.78 is 11.1. The summed E-state index contributed by atoms with van der Waals surface area (Å²) >= 11 is 0. The predicted molar refractivity (Wildman–Crippen MR) is 81.1 cm³/mol. The van der Waals surface area contributed by atoms with Gasteiger partial charge in [0.1, 0.15) is 0 Å². The van der Waals surface area contributed by atoms with E-state index < -0.39 is 0 Å². The number of nitrogens with one attached hydrogen (secondary N) is 1. The van der Waals surface area contributed by atoms with Gasteiger partial charge in [0, 0.05) is 12.6 Å². The second-order valence-corrected chi connectivity index (χ2v) is 5.16. The van der Waals surface area contributed by atoms with Crippen LogP contribution in [0.5, 0.6) is 0 Å². The fourth-order valence-corrected chi connectivity index (χ4v) is 2.57. The van der Waals surface area contributed by atoms with Crippen LogP contribution in [0.1, 0.15) is 18.9 Å². The summed E-state index contributed by atoms with van der Waals surface area (Å²) in [5.74, 6) is 0. The number of rotatable bonds is 5. The number of ether oxygens (including phenoxy) is 2. The SMILES string of the molecule is CCOC(=O)N1CCC(NC)C(OCc2ccccc2)C1. The summed E-state index contributed by atoms with van der Waals surface area (Å²) in [6.07, 6.45) is 0.600. The molecule has 1 heterocycles. The molecule has 1 aromatic rings. The molecule has 21 heavy (non-hydrogen) atoms. The van der Waals surface area contributed by atoms with Crippen LogP contribution in [-0.4, -0.2) is 49.9 Å². The van der Waals surface area contributed by atoms with E-state index in [1.54, 1.807) is 4.90 Å². The minimum atomic E-state index is -0.250. The Labute approximate surface area is 126 Å². The molecular weight excluding hydrogens is 268 g/mol. The maximum absolute atomic E-state index is 11.8. The van der Waals surface area contributed by atoms with E-state index in [-0.39, 0.29) is 18.2 Å². The molecule has 0 bridgehead atoms. The number of piperidine rings is 1. The molecule has 2 unspecified atom stereocenters. The molecule has 1 aliphatic heterocycles. The Kier molecular flexibility index (Phi) is 6.02. The Balaban J connectivity index is 1.92. The van der Waals surface area contributed by atoms with E-state index in [0.29, 0.717) is 26.3 Å². The second kappa shape index (κ2) is 8.00. The molecule has 5 nitrogen and oxygen atoms in total. The van der Waals surface area contributed by atoms with Crippen LogP contribution in [0.4, 0.5) is 4.79 Å². The van der Waals surface area contributed by atoms with E-state index in [9.17, 15) is 4.79 Å². The van der Waals surface area contributed by atoms with Crippen molar-refractivity contribution in [2.45, 2.75) is 32.1 Å². The van der Waals surface area contributed by atoms with E-state index in [2.05, 4.69) is 5.32 Å². The molecule has 0 aromatic heterocycles. The molecule has 0 aliphatic carbocycles. The molecular formula is C16H24N2O3. The lowest BCUT2D eigenvalue weighted by Gasteiger charge is -2.37. The highest BCUT2D eigenvalue weighted by molar-refractivity contribution is 5.67. The van der Waals surface area contributed by atoms with Crippen LogP contribution in [0.3, 0.4) is 0 Å². The van der Waals surface area contributed by atoms with Crippen LogP contribution in [0, 0.1) is 0 Å². The Morgan fingerprint density at radius 1 is 1.38 bits per heavy atom. The molecule has 1 aromatic carbocycles. The number of carbonyl (C=O) groups is 1. The third-order valence-electron chi connectivity index (χ3n) is 3.76. The fraction of sp³-hybridized carbons (Fsp3) is 0.562. The van der Waals surface area contributed by atoms with Gasteiger partial charge < -0.3 is 19.7 Å². The van der Waals surface area contributed by atoms with Gasteiger partial charge in [-0.25, -0.2) is 4.79 Å². The molecule has 2 atom stereocenters. The van der Waals surface area contributed by atoms with Crippen LogP contribution in [-0.2, 0) is 16.1 Å². The van der Waals surface area contributed by atoms with Gasteiger partial charge in [0.25, 0.3) is 0 Å². The van der Waals surface area contributed by atoms with Crippen molar-refractivity contribution in [3.05, 3.63) is 35.9 Å². The van der Waals surface area contributed by atoms with Crippen LogP contribution in [0.15, 0.2) is 30.3 Å². The molecule has 1 amide bonds. The quantitative estimate of drug-likeness (QED) is 0.902. The lowest BCUT2D eigenvalue weighted by molar-refractivity contribution is -0.0280. The fourth-order valence-electron chi connectivity index (χ4n) is 2.57. The summed E-state index contributed by atoms with van der Waals surface area (Å²) in [6, 6.07) is 10.3. The first-order valence-corrected chi connectivity index (χ1v) is 7.49. The first-order valence-electron chi connectivity index (χ1n) is 7.49. The minimum Gasteiger partial charge on any atom is -0.450 e. The molecule has 0 radical (unpaired) electrons. The average molecular weight is 292 g/mol.